The van der Waals surface area contributed by atoms with Gasteiger partial charge in [-0.25, -0.2) is 4.98 Å². The van der Waals surface area contributed by atoms with Gasteiger partial charge in [0.1, 0.15) is 15.9 Å². The summed E-state index contributed by atoms with van der Waals surface area (Å²) in [7, 11) is 1.65. The third-order valence-corrected chi connectivity index (χ3v) is 2.86. The molecule has 0 fully saturated rings. The zero-order valence-electron chi connectivity index (χ0n) is 9.33. The molecule has 0 unspecified atom stereocenters. The average Bonchev–Trinajstić information content (AvgIpc) is 2.78. The second kappa shape index (κ2) is 5.33. The molecular formula is C12H12N2OS2. The van der Waals surface area contributed by atoms with E-state index in [2.05, 4.69) is 17.6 Å². The Bertz CT molecular complexity index is 520. The number of methoxy groups -OCH3 is 1. The molecule has 0 aliphatic carbocycles. The lowest BCUT2D eigenvalue weighted by molar-refractivity contribution is 0.414. The van der Waals surface area contributed by atoms with Gasteiger partial charge in [0, 0.05) is 18.8 Å². The van der Waals surface area contributed by atoms with Crippen LogP contribution in [-0.4, -0.2) is 21.0 Å². The second-order valence-electron chi connectivity index (χ2n) is 3.52. The van der Waals surface area contributed by atoms with Crippen molar-refractivity contribution < 1.29 is 4.74 Å². The number of imidazole rings is 1. The molecule has 0 saturated carbocycles. The molecule has 0 amide bonds. The van der Waals surface area contributed by atoms with Crippen LogP contribution in [0.1, 0.15) is 11.4 Å². The predicted molar refractivity (Wildman–Crippen MR) is 75.0 cm³/mol. The second-order valence-corrected chi connectivity index (χ2v) is 4.63. The predicted octanol–water partition coefficient (Wildman–Crippen LogP) is 2.55. The van der Waals surface area contributed by atoms with E-state index in [0.717, 1.165) is 23.6 Å². The first kappa shape index (κ1) is 12.1. The largest absolute Gasteiger partial charge is 0.497 e. The van der Waals surface area contributed by atoms with Crippen molar-refractivity contribution in [3.63, 3.8) is 0 Å². The fourth-order valence-corrected chi connectivity index (χ4v) is 1.91. The maximum Gasteiger partial charge on any atom is 0.142 e. The van der Waals surface area contributed by atoms with E-state index in [1.165, 1.54) is 0 Å². The molecule has 0 aliphatic rings. The van der Waals surface area contributed by atoms with Crippen molar-refractivity contribution in [2.45, 2.75) is 6.42 Å². The summed E-state index contributed by atoms with van der Waals surface area (Å²) < 4.78 is 7.41. The van der Waals surface area contributed by atoms with E-state index >= 15 is 0 Å². The summed E-state index contributed by atoms with van der Waals surface area (Å²) in [4.78, 5) is 4.27. The van der Waals surface area contributed by atoms with E-state index in [9.17, 15) is 0 Å². The van der Waals surface area contributed by atoms with Crippen LogP contribution in [0.15, 0.2) is 36.7 Å². The Morgan fingerprint density at radius 3 is 2.71 bits per heavy atom. The molecule has 1 aromatic heterocycles. The van der Waals surface area contributed by atoms with Crippen LogP contribution in [0.5, 0.6) is 5.75 Å². The van der Waals surface area contributed by atoms with Crippen molar-refractivity contribution in [1.82, 2.24) is 9.55 Å². The van der Waals surface area contributed by atoms with Crippen LogP contribution in [0.25, 0.3) is 0 Å². The average molecular weight is 264 g/mol. The Labute approximate surface area is 111 Å². The number of aromatic nitrogens is 2. The molecule has 0 bridgehead atoms. The topological polar surface area (TPSA) is 27.1 Å². The molecule has 88 valence electrons. The number of ether oxygens (including phenoxy) is 1. The highest BCUT2D eigenvalue weighted by molar-refractivity contribution is 8.11. The standard InChI is InChI=1S/C12H12N2OS2/c1-15-10-4-2-9(3-5-10)8-11-13-6-7-14(11)12(16)17/h2-7H,8H2,1H3,(H,16,17). The van der Waals surface area contributed by atoms with Crippen LogP contribution in [0.4, 0.5) is 0 Å². The summed E-state index contributed by atoms with van der Waals surface area (Å²) in [6.45, 7) is 0. The maximum absolute atomic E-state index is 5.11. The monoisotopic (exact) mass is 264 g/mol. The molecule has 0 atom stereocenters. The Kier molecular flexibility index (Phi) is 3.81. The number of nitrogens with zero attached hydrogens (tertiary/aromatic N) is 2. The van der Waals surface area contributed by atoms with E-state index in [1.807, 2.05) is 30.5 Å². The van der Waals surface area contributed by atoms with Crippen molar-refractivity contribution >= 4 is 29.2 Å². The zero-order valence-corrected chi connectivity index (χ0v) is 11.0. The third kappa shape index (κ3) is 2.87. The van der Waals surface area contributed by atoms with Crippen LogP contribution >= 0.6 is 24.8 Å². The lowest BCUT2D eigenvalue weighted by Gasteiger charge is -2.05. The molecule has 1 aromatic carbocycles. The molecule has 0 spiro atoms. The van der Waals surface area contributed by atoms with Crippen molar-refractivity contribution in [2.24, 2.45) is 0 Å². The normalized spacial score (nSPS) is 10.2. The van der Waals surface area contributed by atoms with E-state index in [-0.39, 0.29) is 0 Å². The first-order valence-electron chi connectivity index (χ1n) is 5.09. The van der Waals surface area contributed by atoms with Gasteiger partial charge in [-0.15, -0.1) is 12.6 Å². The summed E-state index contributed by atoms with van der Waals surface area (Å²) in [5.41, 5.74) is 1.16. The first-order valence-corrected chi connectivity index (χ1v) is 5.94. The number of thiocarbonyl (C=S) groups is 1. The summed E-state index contributed by atoms with van der Waals surface area (Å²) in [6, 6.07) is 7.89. The van der Waals surface area contributed by atoms with Crippen LogP contribution < -0.4 is 4.74 Å². The number of thiol groups is 1. The highest BCUT2D eigenvalue weighted by atomic mass is 32.1. The van der Waals surface area contributed by atoms with E-state index in [0.29, 0.717) is 4.32 Å². The van der Waals surface area contributed by atoms with Gasteiger partial charge >= 0.3 is 0 Å². The smallest absolute Gasteiger partial charge is 0.142 e. The molecule has 2 aromatic rings. The van der Waals surface area contributed by atoms with Crippen LogP contribution in [0, 0.1) is 0 Å². The molecule has 3 nitrogen and oxygen atoms in total. The van der Waals surface area contributed by atoms with Crippen molar-refractivity contribution in [2.75, 3.05) is 7.11 Å². The number of hydrogen-bond donors (Lipinski definition) is 1. The molecule has 2 rings (SSSR count). The summed E-state index contributed by atoms with van der Waals surface area (Å²) >= 11 is 9.18. The summed E-state index contributed by atoms with van der Waals surface area (Å²) in [5, 5.41) is 0. The molecule has 17 heavy (non-hydrogen) atoms. The summed E-state index contributed by atoms with van der Waals surface area (Å²) in [5.74, 6) is 1.73. The van der Waals surface area contributed by atoms with E-state index < -0.39 is 0 Å². The zero-order chi connectivity index (χ0) is 12.3. The van der Waals surface area contributed by atoms with Gasteiger partial charge in [-0.1, -0.05) is 24.4 Å². The highest BCUT2D eigenvalue weighted by Crippen LogP contribution is 2.14. The fourth-order valence-electron chi connectivity index (χ4n) is 1.57. The van der Waals surface area contributed by atoms with Gasteiger partial charge in [0.25, 0.3) is 0 Å². The van der Waals surface area contributed by atoms with Crippen LogP contribution in [-0.2, 0) is 6.42 Å². The van der Waals surface area contributed by atoms with Gasteiger partial charge in [-0.3, -0.25) is 4.57 Å². The van der Waals surface area contributed by atoms with Crippen molar-refractivity contribution in [1.29, 1.82) is 0 Å². The van der Waals surface area contributed by atoms with Crippen molar-refractivity contribution in [3.8, 4) is 5.75 Å². The molecule has 1 heterocycles. The van der Waals surface area contributed by atoms with Crippen LogP contribution in [0.2, 0.25) is 0 Å². The van der Waals surface area contributed by atoms with Crippen molar-refractivity contribution in [3.05, 3.63) is 48.0 Å². The molecule has 0 saturated heterocycles. The molecular weight excluding hydrogens is 252 g/mol. The Morgan fingerprint density at radius 2 is 2.12 bits per heavy atom. The Balaban J connectivity index is 2.19. The number of rotatable bonds is 3. The molecule has 0 aliphatic heterocycles. The van der Waals surface area contributed by atoms with Gasteiger partial charge in [0.2, 0.25) is 0 Å². The van der Waals surface area contributed by atoms with Crippen LogP contribution in [0.3, 0.4) is 0 Å². The molecule has 0 N–H and O–H groups in total. The van der Waals surface area contributed by atoms with E-state index in [1.54, 1.807) is 17.9 Å². The van der Waals surface area contributed by atoms with Gasteiger partial charge in [-0.05, 0) is 17.7 Å². The minimum atomic E-state index is 0.506. The van der Waals surface area contributed by atoms with Gasteiger partial charge in [0.05, 0.1) is 7.11 Å². The fraction of sp³-hybridized carbons (Fsp3) is 0.167. The minimum Gasteiger partial charge on any atom is -0.497 e. The lowest BCUT2D eigenvalue weighted by atomic mass is 10.1. The lowest BCUT2D eigenvalue weighted by Crippen LogP contribution is -2.06. The van der Waals surface area contributed by atoms with E-state index in [4.69, 9.17) is 17.0 Å². The van der Waals surface area contributed by atoms with Gasteiger partial charge in [-0.2, -0.15) is 0 Å². The molecule has 5 heteroatoms. The van der Waals surface area contributed by atoms with Gasteiger partial charge < -0.3 is 4.74 Å². The first-order chi connectivity index (χ1) is 8.20. The third-order valence-electron chi connectivity index (χ3n) is 2.44. The molecule has 0 radical (unpaired) electrons. The quantitative estimate of drug-likeness (QED) is 0.682. The highest BCUT2D eigenvalue weighted by Gasteiger charge is 2.05. The van der Waals surface area contributed by atoms with Gasteiger partial charge in [0.15, 0.2) is 0 Å². The maximum atomic E-state index is 5.11. The minimum absolute atomic E-state index is 0.506. The number of benzene rings is 1. The SMILES string of the molecule is COc1ccc(Cc2nccn2C(=S)S)cc1. The Morgan fingerprint density at radius 1 is 1.41 bits per heavy atom. The summed E-state index contributed by atoms with van der Waals surface area (Å²) in [6.07, 6.45) is 4.26. The Hall–Kier alpha value is -1.33. The number of hydrogen-bond acceptors (Lipinski definition) is 3.